The van der Waals surface area contributed by atoms with E-state index in [4.69, 9.17) is 0 Å². The molecule has 1 nitrogen and oxygen atoms in total. The van der Waals surface area contributed by atoms with E-state index in [0.717, 1.165) is 0 Å². The Morgan fingerprint density at radius 3 is 1.80 bits per heavy atom. The summed E-state index contributed by atoms with van der Waals surface area (Å²) in [5.74, 6) is 0. The van der Waals surface area contributed by atoms with Gasteiger partial charge < -0.3 is 12.2 Å². The van der Waals surface area contributed by atoms with Crippen molar-refractivity contribution in [2.75, 3.05) is 6.54 Å². The topological polar surface area (TPSA) is 12.0 Å². The second-order valence-electron chi connectivity index (χ2n) is 0.500. The van der Waals surface area contributed by atoms with Crippen LogP contribution in [0.15, 0.2) is 0 Å². The van der Waals surface area contributed by atoms with Gasteiger partial charge in [0.2, 0.25) is 0 Å². The molecule has 0 spiro atoms. The molecule has 30 valence electrons. The number of rotatable bonds is 1. The fraction of sp³-hybridized carbons (Fsp3) is 0.333. The predicted molar refractivity (Wildman–Crippen MR) is 18.7 cm³/mol. The molecule has 0 aromatic carbocycles. The SMILES string of the molecule is [CH2-]CN[CH2-].[W+2]. The Bertz CT molecular complexity index is 8.85. The number of hydrogen-bond donors (Lipinski definition) is 1. The third-order valence-electron chi connectivity index (χ3n) is 0.177. The van der Waals surface area contributed by atoms with Gasteiger partial charge in [-0.25, -0.2) is 0 Å². The van der Waals surface area contributed by atoms with Crippen molar-refractivity contribution >= 4 is 0 Å². The minimum Gasteiger partial charge on any atom is -0.498 e. The third kappa shape index (κ3) is 12.0. The van der Waals surface area contributed by atoms with Crippen LogP contribution in [0.4, 0.5) is 0 Å². The smallest absolute Gasteiger partial charge is 0.498 e. The summed E-state index contributed by atoms with van der Waals surface area (Å²) in [5, 5.41) is 2.57. The Kier molecular flexibility index (Phi) is 16.2. The molecule has 0 aliphatic heterocycles. The molecule has 0 saturated carbocycles. The van der Waals surface area contributed by atoms with Crippen molar-refractivity contribution in [1.29, 1.82) is 0 Å². The average Bonchev–Trinajstić information content (AvgIpc) is 1.37. The van der Waals surface area contributed by atoms with Crippen LogP contribution in [0.5, 0.6) is 0 Å². The van der Waals surface area contributed by atoms with E-state index in [1.807, 2.05) is 0 Å². The van der Waals surface area contributed by atoms with Gasteiger partial charge in [0, 0.05) is 0 Å². The van der Waals surface area contributed by atoms with E-state index < -0.39 is 0 Å². The molecule has 0 aromatic rings. The molecule has 0 aliphatic rings. The maximum absolute atomic E-state index is 3.43. The first-order valence-corrected chi connectivity index (χ1v) is 1.21. The first kappa shape index (κ1) is 9.17. The van der Waals surface area contributed by atoms with E-state index in [1.54, 1.807) is 0 Å². The maximum Gasteiger partial charge on any atom is 2.00 e. The van der Waals surface area contributed by atoms with Crippen LogP contribution in [0.1, 0.15) is 0 Å². The van der Waals surface area contributed by atoms with Gasteiger partial charge in [0.15, 0.2) is 0 Å². The summed E-state index contributed by atoms with van der Waals surface area (Å²) in [6.45, 7) is 4.14. The fourth-order valence-corrected chi connectivity index (χ4v) is 0. The number of nitrogens with one attached hydrogen (secondary N) is 1. The van der Waals surface area contributed by atoms with Crippen LogP contribution in [0.25, 0.3) is 0 Å². The molecule has 0 rings (SSSR count). The third-order valence-corrected chi connectivity index (χ3v) is 0.177. The van der Waals surface area contributed by atoms with Crippen molar-refractivity contribution in [3.8, 4) is 0 Å². The predicted octanol–water partition coefficient (Wildman–Crippen LogP) is 0.199. The van der Waals surface area contributed by atoms with Crippen LogP contribution in [-0.4, -0.2) is 6.54 Å². The first-order valence-electron chi connectivity index (χ1n) is 1.21. The molecule has 2 heteroatoms. The molecule has 0 bridgehead atoms. The molecule has 0 heterocycles. The maximum atomic E-state index is 3.43. The van der Waals surface area contributed by atoms with Gasteiger partial charge in [-0.1, -0.05) is 0 Å². The molecular formula is C3H7NW. The monoisotopic (exact) mass is 241 g/mol. The molecular weight excluding hydrogens is 234 g/mol. The van der Waals surface area contributed by atoms with Crippen LogP contribution < -0.4 is 5.32 Å². The van der Waals surface area contributed by atoms with Crippen molar-refractivity contribution in [3.63, 3.8) is 0 Å². The Morgan fingerprint density at radius 1 is 1.60 bits per heavy atom. The average molecular weight is 241 g/mol. The Labute approximate surface area is 47.4 Å². The normalized spacial score (nSPS) is 6.00. The van der Waals surface area contributed by atoms with Crippen molar-refractivity contribution in [3.05, 3.63) is 14.0 Å². The zero-order valence-corrected chi connectivity index (χ0v) is 5.96. The summed E-state index contributed by atoms with van der Waals surface area (Å²) in [7, 11) is 3.29. The molecule has 0 aromatic heterocycles. The molecule has 0 atom stereocenters. The zero-order chi connectivity index (χ0) is 3.41. The van der Waals surface area contributed by atoms with E-state index in [1.165, 1.54) is 0 Å². The van der Waals surface area contributed by atoms with Crippen molar-refractivity contribution in [2.45, 2.75) is 0 Å². The fourth-order valence-electron chi connectivity index (χ4n) is 0. The minimum atomic E-state index is 0. The quantitative estimate of drug-likeness (QED) is 0.646. The van der Waals surface area contributed by atoms with E-state index in [0.29, 0.717) is 6.54 Å². The van der Waals surface area contributed by atoms with E-state index >= 15 is 0 Å². The van der Waals surface area contributed by atoms with Gasteiger partial charge >= 0.3 is 21.1 Å². The molecule has 0 unspecified atom stereocenters. The summed E-state index contributed by atoms with van der Waals surface area (Å²) in [4.78, 5) is 0. The first-order chi connectivity index (χ1) is 1.91. The molecule has 0 amide bonds. The Morgan fingerprint density at radius 2 is 1.80 bits per heavy atom. The molecule has 0 aliphatic carbocycles. The van der Waals surface area contributed by atoms with Crippen LogP contribution >= 0.6 is 0 Å². The Hall–Kier alpha value is 0.648. The molecule has 5 heavy (non-hydrogen) atoms. The van der Waals surface area contributed by atoms with Crippen molar-refractivity contribution in [1.82, 2.24) is 5.32 Å². The summed E-state index contributed by atoms with van der Waals surface area (Å²) in [6, 6.07) is 0. The van der Waals surface area contributed by atoms with Crippen LogP contribution in [0.2, 0.25) is 0 Å². The van der Waals surface area contributed by atoms with Gasteiger partial charge in [0.05, 0.1) is 0 Å². The van der Waals surface area contributed by atoms with Gasteiger partial charge in [-0.2, -0.15) is 6.54 Å². The van der Waals surface area contributed by atoms with Gasteiger partial charge in [0.25, 0.3) is 0 Å². The van der Waals surface area contributed by atoms with Crippen molar-refractivity contribution in [2.24, 2.45) is 0 Å². The molecule has 0 saturated heterocycles. The van der Waals surface area contributed by atoms with Gasteiger partial charge in [-0.05, 0) is 0 Å². The Balaban J connectivity index is 0. The van der Waals surface area contributed by atoms with E-state index in [9.17, 15) is 0 Å². The van der Waals surface area contributed by atoms with E-state index in [2.05, 4.69) is 19.3 Å². The van der Waals surface area contributed by atoms with Gasteiger partial charge in [-0.3, -0.25) is 7.05 Å². The second-order valence-corrected chi connectivity index (χ2v) is 0.500. The van der Waals surface area contributed by atoms with Crippen LogP contribution in [0, 0.1) is 14.0 Å². The molecule has 0 fully saturated rings. The van der Waals surface area contributed by atoms with Crippen LogP contribution in [-0.2, 0) is 21.1 Å². The second kappa shape index (κ2) is 8.82. The van der Waals surface area contributed by atoms with Crippen LogP contribution in [0.3, 0.4) is 0 Å². The van der Waals surface area contributed by atoms with Crippen molar-refractivity contribution < 1.29 is 21.1 Å². The summed E-state index contributed by atoms with van der Waals surface area (Å²) in [6.07, 6.45) is 0. The van der Waals surface area contributed by atoms with E-state index in [-0.39, 0.29) is 21.1 Å². The largest absolute Gasteiger partial charge is 2.00 e. The molecule has 0 radical (unpaired) electrons. The summed E-state index contributed by atoms with van der Waals surface area (Å²) in [5.41, 5.74) is 0. The summed E-state index contributed by atoms with van der Waals surface area (Å²) < 4.78 is 0. The molecule has 1 N–H and O–H groups in total. The number of hydrogen-bond acceptors (Lipinski definition) is 1. The van der Waals surface area contributed by atoms with Gasteiger partial charge in [-0.15, -0.1) is 0 Å². The van der Waals surface area contributed by atoms with Gasteiger partial charge in [0.1, 0.15) is 0 Å². The zero-order valence-electron chi connectivity index (χ0n) is 3.03. The summed E-state index contributed by atoms with van der Waals surface area (Å²) >= 11 is 0. The minimum absolute atomic E-state index is 0. The standard InChI is InChI=1S/C3H7N.W/c1-3-4-2;/h4H,1-3H2;/q-2;+2.